The van der Waals surface area contributed by atoms with Gasteiger partial charge < -0.3 is 14.7 Å². The smallest absolute Gasteiger partial charge is 0.227 e. The van der Waals surface area contributed by atoms with Crippen LogP contribution < -0.4 is 14.7 Å². The van der Waals surface area contributed by atoms with Crippen LogP contribution in [0.15, 0.2) is 67.1 Å². The zero-order valence-electron chi connectivity index (χ0n) is 16.3. The number of nitrogens with zero attached hydrogens (tertiary/aromatic N) is 6. The molecule has 1 aliphatic rings. The fourth-order valence-corrected chi connectivity index (χ4v) is 3.48. The Kier molecular flexibility index (Phi) is 5.66. The second-order valence-electron chi connectivity index (χ2n) is 7.05. The Morgan fingerprint density at radius 3 is 2.32 bits per heavy atom. The van der Waals surface area contributed by atoms with Crippen molar-refractivity contribution < 1.29 is 0 Å². The average Bonchev–Trinajstić information content (AvgIpc) is 2.79. The minimum absolute atomic E-state index is 0.775. The van der Waals surface area contributed by atoms with E-state index in [-0.39, 0.29) is 0 Å². The van der Waals surface area contributed by atoms with E-state index in [1.165, 1.54) is 11.3 Å². The van der Waals surface area contributed by atoms with Crippen molar-refractivity contribution >= 4 is 17.5 Å². The molecule has 3 heterocycles. The summed E-state index contributed by atoms with van der Waals surface area (Å²) >= 11 is 0. The Morgan fingerprint density at radius 1 is 0.857 bits per heavy atom. The maximum Gasteiger partial charge on any atom is 0.227 e. The molecule has 0 radical (unpaired) electrons. The molecule has 0 saturated carbocycles. The highest BCUT2D eigenvalue weighted by atomic mass is 15.3. The Labute approximate surface area is 166 Å². The predicted molar refractivity (Wildman–Crippen MR) is 114 cm³/mol. The first kappa shape index (κ1) is 18.2. The molecular formula is C22H26N6. The van der Waals surface area contributed by atoms with Crippen LogP contribution in [-0.4, -0.2) is 54.7 Å². The lowest BCUT2D eigenvalue weighted by Gasteiger charge is -2.36. The van der Waals surface area contributed by atoms with Crippen LogP contribution in [0.1, 0.15) is 5.56 Å². The molecule has 144 valence electrons. The monoisotopic (exact) mass is 374 g/mol. The number of para-hydroxylation sites is 1. The largest absolute Gasteiger partial charge is 0.368 e. The first-order valence-corrected chi connectivity index (χ1v) is 9.77. The summed E-state index contributed by atoms with van der Waals surface area (Å²) < 4.78 is 0. The van der Waals surface area contributed by atoms with Gasteiger partial charge in [0.1, 0.15) is 5.82 Å². The molecule has 0 atom stereocenters. The van der Waals surface area contributed by atoms with Gasteiger partial charge in [-0.25, -0.2) is 4.98 Å². The lowest BCUT2D eigenvalue weighted by molar-refractivity contribution is 0.646. The molecule has 2 aromatic heterocycles. The average molecular weight is 374 g/mol. The molecular weight excluding hydrogens is 348 g/mol. The number of benzene rings is 1. The molecule has 3 aromatic rings. The normalized spacial score (nSPS) is 14.2. The second kappa shape index (κ2) is 8.69. The number of piperazine rings is 1. The van der Waals surface area contributed by atoms with E-state index in [1.807, 2.05) is 31.7 Å². The zero-order valence-corrected chi connectivity index (χ0v) is 16.3. The molecule has 1 aliphatic heterocycles. The molecule has 0 aliphatic carbocycles. The van der Waals surface area contributed by atoms with Gasteiger partial charge in [-0.1, -0.05) is 18.2 Å². The van der Waals surface area contributed by atoms with E-state index in [2.05, 4.69) is 67.1 Å². The topological polar surface area (TPSA) is 48.4 Å². The summed E-state index contributed by atoms with van der Waals surface area (Å²) in [6.45, 7) is 4.80. The number of aromatic nitrogens is 3. The van der Waals surface area contributed by atoms with Crippen molar-refractivity contribution in [3.05, 3.63) is 72.7 Å². The molecule has 0 amide bonds. The molecule has 0 bridgehead atoms. The highest BCUT2D eigenvalue weighted by Gasteiger charge is 2.19. The summed E-state index contributed by atoms with van der Waals surface area (Å²) in [4.78, 5) is 20.3. The number of pyridine rings is 1. The fraction of sp³-hybridized carbons (Fsp3) is 0.318. The van der Waals surface area contributed by atoms with Crippen LogP contribution >= 0.6 is 0 Å². The summed E-state index contributed by atoms with van der Waals surface area (Å²) in [5, 5.41) is 0. The first-order chi connectivity index (χ1) is 13.8. The third-order valence-corrected chi connectivity index (χ3v) is 5.18. The first-order valence-electron chi connectivity index (χ1n) is 9.77. The molecule has 1 aromatic carbocycles. The molecule has 0 N–H and O–H groups in total. The van der Waals surface area contributed by atoms with E-state index in [4.69, 9.17) is 4.98 Å². The van der Waals surface area contributed by atoms with Crippen LogP contribution in [0.3, 0.4) is 0 Å². The van der Waals surface area contributed by atoms with E-state index in [0.717, 1.165) is 50.9 Å². The van der Waals surface area contributed by atoms with Crippen molar-refractivity contribution in [2.75, 3.05) is 54.5 Å². The highest BCUT2D eigenvalue weighted by molar-refractivity contribution is 5.50. The van der Waals surface area contributed by atoms with E-state index in [1.54, 1.807) is 0 Å². The molecule has 1 saturated heterocycles. The molecule has 6 nitrogen and oxygen atoms in total. The van der Waals surface area contributed by atoms with Crippen molar-refractivity contribution in [1.82, 2.24) is 15.0 Å². The van der Waals surface area contributed by atoms with Crippen molar-refractivity contribution in [3.8, 4) is 0 Å². The molecule has 0 spiro atoms. The van der Waals surface area contributed by atoms with Crippen LogP contribution in [0.2, 0.25) is 0 Å². The van der Waals surface area contributed by atoms with Crippen LogP contribution in [0.5, 0.6) is 0 Å². The van der Waals surface area contributed by atoms with Gasteiger partial charge in [-0.05, 0) is 42.3 Å². The van der Waals surface area contributed by atoms with Crippen molar-refractivity contribution in [3.63, 3.8) is 0 Å². The third-order valence-electron chi connectivity index (χ3n) is 5.18. The highest BCUT2D eigenvalue weighted by Crippen LogP contribution is 2.20. The van der Waals surface area contributed by atoms with E-state index < -0.39 is 0 Å². The van der Waals surface area contributed by atoms with Crippen molar-refractivity contribution in [2.24, 2.45) is 0 Å². The molecule has 6 heteroatoms. The Morgan fingerprint density at radius 2 is 1.57 bits per heavy atom. The van der Waals surface area contributed by atoms with Crippen LogP contribution in [0, 0.1) is 0 Å². The summed E-state index contributed by atoms with van der Waals surface area (Å²) in [6.07, 6.45) is 6.48. The van der Waals surface area contributed by atoms with Gasteiger partial charge in [0, 0.05) is 64.0 Å². The number of hydrogen-bond donors (Lipinski definition) is 0. The number of rotatable bonds is 6. The molecule has 0 unspecified atom stereocenters. The predicted octanol–water partition coefficient (Wildman–Crippen LogP) is 2.88. The van der Waals surface area contributed by atoms with Crippen LogP contribution in [0.25, 0.3) is 0 Å². The van der Waals surface area contributed by atoms with Gasteiger partial charge in [0.05, 0.1) is 0 Å². The lowest BCUT2D eigenvalue weighted by atomic mass is 10.2. The summed E-state index contributed by atoms with van der Waals surface area (Å²) in [6, 6.07) is 16.7. The summed E-state index contributed by atoms with van der Waals surface area (Å²) in [7, 11) is 2.05. The van der Waals surface area contributed by atoms with Gasteiger partial charge in [-0.3, -0.25) is 4.98 Å². The van der Waals surface area contributed by atoms with Gasteiger partial charge in [0.15, 0.2) is 0 Å². The van der Waals surface area contributed by atoms with Crippen LogP contribution in [-0.2, 0) is 6.42 Å². The van der Waals surface area contributed by atoms with Crippen molar-refractivity contribution in [1.29, 1.82) is 0 Å². The Hall–Kier alpha value is -3.15. The molecule has 1 fully saturated rings. The molecule has 4 rings (SSSR count). The minimum Gasteiger partial charge on any atom is -0.368 e. The number of hydrogen-bond acceptors (Lipinski definition) is 6. The van der Waals surface area contributed by atoms with Crippen LogP contribution in [0.4, 0.5) is 17.5 Å². The van der Waals surface area contributed by atoms with E-state index in [0.29, 0.717) is 0 Å². The maximum atomic E-state index is 4.82. The SMILES string of the molecule is CN(CCc1ccncc1)c1nccc(N2CCN(c3ccccc3)CC2)n1. The van der Waals surface area contributed by atoms with E-state index >= 15 is 0 Å². The van der Waals surface area contributed by atoms with Gasteiger partial charge >= 0.3 is 0 Å². The standard InChI is InChI=1S/C22H26N6/c1-26(14-10-19-7-11-23-12-8-19)22-24-13-9-21(25-22)28-17-15-27(16-18-28)20-5-3-2-4-6-20/h2-9,11-13H,10,14-18H2,1H3. The van der Waals surface area contributed by atoms with E-state index in [9.17, 15) is 0 Å². The van der Waals surface area contributed by atoms with Gasteiger partial charge in [-0.2, -0.15) is 4.98 Å². The summed E-state index contributed by atoms with van der Waals surface area (Å²) in [5.74, 6) is 1.78. The Balaban J connectivity index is 1.36. The maximum absolute atomic E-state index is 4.82. The second-order valence-corrected chi connectivity index (χ2v) is 7.05. The number of likely N-dealkylation sites (N-methyl/N-ethyl adjacent to an activating group) is 1. The fourth-order valence-electron chi connectivity index (χ4n) is 3.48. The number of anilines is 3. The Bertz CT molecular complexity index is 862. The zero-order chi connectivity index (χ0) is 19.2. The van der Waals surface area contributed by atoms with Crippen molar-refractivity contribution in [2.45, 2.75) is 6.42 Å². The summed E-state index contributed by atoms with van der Waals surface area (Å²) in [5.41, 5.74) is 2.57. The lowest BCUT2D eigenvalue weighted by Crippen LogP contribution is -2.46. The third kappa shape index (κ3) is 4.39. The van der Waals surface area contributed by atoms with Gasteiger partial charge in [0.2, 0.25) is 5.95 Å². The molecule has 28 heavy (non-hydrogen) atoms. The quantitative estimate of drug-likeness (QED) is 0.661. The van der Waals surface area contributed by atoms with Gasteiger partial charge in [-0.15, -0.1) is 0 Å². The minimum atomic E-state index is 0.775. The van der Waals surface area contributed by atoms with Gasteiger partial charge in [0.25, 0.3) is 0 Å².